The minimum absolute atomic E-state index is 0.931. The molecule has 0 fully saturated rings. The van der Waals surface area contributed by atoms with Crippen LogP contribution in [0.5, 0.6) is 0 Å². The van der Waals surface area contributed by atoms with E-state index < -0.39 is 0 Å². The summed E-state index contributed by atoms with van der Waals surface area (Å²) >= 11 is 3.80. The summed E-state index contributed by atoms with van der Waals surface area (Å²) in [5.41, 5.74) is 9.30. The highest BCUT2D eigenvalue weighted by molar-refractivity contribution is 7.26. The molecule has 6 aromatic heterocycles. The number of aromatic nitrogens is 2. The minimum Gasteiger partial charge on any atom is -0.455 e. The van der Waals surface area contributed by atoms with Crippen molar-refractivity contribution in [1.29, 1.82) is 0 Å². The van der Waals surface area contributed by atoms with Gasteiger partial charge in [-0.15, -0.1) is 22.7 Å². The molecule has 0 saturated carbocycles. The second kappa shape index (κ2) is 7.84. The van der Waals surface area contributed by atoms with E-state index in [2.05, 4.69) is 130 Å². The lowest BCUT2D eigenvalue weighted by Gasteiger charge is -2.12. The van der Waals surface area contributed by atoms with Gasteiger partial charge in [-0.25, -0.2) is 0 Å². The number of rotatable bonds is 0. The Morgan fingerprint density at radius 2 is 1.04 bits per heavy atom. The molecule has 13 aromatic rings. The van der Waals surface area contributed by atoms with Crippen LogP contribution < -0.4 is 0 Å². The first-order valence-corrected chi connectivity index (χ1v) is 17.6. The molecule has 0 aliphatic heterocycles. The van der Waals surface area contributed by atoms with Gasteiger partial charge >= 0.3 is 0 Å². The van der Waals surface area contributed by atoms with Gasteiger partial charge in [0.15, 0.2) is 0 Å². The molecule has 0 amide bonds. The van der Waals surface area contributed by atoms with Gasteiger partial charge in [-0.1, -0.05) is 66.7 Å². The third-order valence-corrected chi connectivity index (χ3v) is 12.9. The summed E-state index contributed by atoms with van der Waals surface area (Å²) in [5, 5.41) is 12.8. The average Bonchev–Trinajstić information content (AvgIpc) is 3.91. The highest BCUT2D eigenvalue weighted by atomic mass is 32.1. The molecule has 7 aromatic carbocycles. The van der Waals surface area contributed by atoms with Crippen molar-refractivity contribution in [1.82, 2.24) is 8.80 Å². The van der Waals surface area contributed by atoms with E-state index in [-0.39, 0.29) is 0 Å². The fraction of sp³-hybridized carbons (Fsp3) is 0. The van der Waals surface area contributed by atoms with Crippen molar-refractivity contribution < 1.29 is 4.42 Å². The Labute approximate surface area is 273 Å². The van der Waals surface area contributed by atoms with Crippen molar-refractivity contribution in [3.8, 4) is 0 Å². The summed E-state index contributed by atoms with van der Waals surface area (Å²) < 4.78 is 17.1. The maximum atomic E-state index is 6.67. The van der Waals surface area contributed by atoms with Gasteiger partial charge in [0, 0.05) is 67.3 Å². The molecule has 0 bridgehead atoms. The molecule has 0 N–H and O–H groups in total. The number of benzene rings is 7. The van der Waals surface area contributed by atoms with Gasteiger partial charge in [0.25, 0.3) is 0 Å². The Kier molecular flexibility index (Phi) is 3.95. The number of hydrogen-bond acceptors (Lipinski definition) is 3. The van der Waals surface area contributed by atoms with Gasteiger partial charge < -0.3 is 13.2 Å². The van der Waals surface area contributed by atoms with Crippen molar-refractivity contribution >= 4 is 140 Å². The minimum atomic E-state index is 0.931. The van der Waals surface area contributed by atoms with Crippen LogP contribution in [0.15, 0.2) is 126 Å². The molecule has 216 valence electrons. The van der Waals surface area contributed by atoms with Crippen LogP contribution in [0, 0.1) is 0 Å². The summed E-state index contributed by atoms with van der Waals surface area (Å²) in [4.78, 5) is 0. The third-order valence-electron chi connectivity index (χ3n) is 10.6. The maximum Gasteiger partial charge on any atom is 0.145 e. The summed E-state index contributed by atoms with van der Waals surface area (Å²) in [6.45, 7) is 0. The number of hydrogen-bond donors (Lipinski definition) is 0. The molecule has 0 atom stereocenters. The molecule has 5 heteroatoms. The number of furan rings is 1. The number of thiophene rings is 2. The molecule has 0 radical (unpaired) electrons. The van der Waals surface area contributed by atoms with E-state index in [1.807, 2.05) is 22.7 Å². The zero-order chi connectivity index (χ0) is 30.1. The van der Waals surface area contributed by atoms with E-state index in [0.29, 0.717) is 0 Å². The summed E-state index contributed by atoms with van der Waals surface area (Å²) in [5.74, 6) is 0. The molecule has 47 heavy (non-hydrogen) atoms. The quantitative estimate of drug-likeness (QED) is 0.152. The van der Waals surface area contributed by atoms with Crippen LogP contribution in [0.4, 0.5) is 0 Å². The van der Waals surface area contributed by atoms with Crippen molar-refractivity contribution in [2.24, 2.45) is 0 Å². The lowest BCUT2D eigenvalue weighted by molar-refractivity contribution is 0.673. The Morgan fingerprint density at radius 3 is 1.89 bits per heavy atom. The molecule has 0 spiro atoms. The van der Waals surface area contributed by atoms with Crippen molar-refractivity contribution in [3.63, 3.8) is 0 Å². The largest absolute Gasteiger partial charge is 0.455 e. The standard InChI is InChI=1S/C42H20N2OS2/c1-4-13-30-21(8-1)22-16-17-26-35(42(22)45-30)25-11-7-12-28-40(25)44(26)29-20-34-37(24-10-3-6-15-32(24)47-34)39-38-27(43(28)41(29)39)18-19-33-36(38)23-9-2-5-14-31(23)46-33/h1-20H. The number of fused-ring (bicyclic) bond motifs is 20. The second-order valence-electron chi connectivity index (χ2n) is 12.8. The summed E-state index contributed by atoms with van der Waals surface area (Å²) in [6, 6.07) is 44.8. The zero-order valence-electron chi connectivity index (χ0n) is 24.7. The fourth-order valence-electron chi connectivity index (χ4n) is 8.86. The van der Waals surface area contributed by atoms with Gasteiger partial charge in [0.2, 0.25) is 0 Å². The highest BCUT2D eigenvalue weighted by Gasteiger charge is 2.27. The first kappa shape index (κ1) is 23.7. The van der Waals surface area contributed by atoms with Gasteiger partial charge in [-0.05, 0) is 54.6 Å². The Hall–Kier alpha value is -5.62. The Balaban J connectivity index is 1.40. The Morgan fingerprint density at radius 1 is 0.383 bits per heavy atom. The molecular weight excluding hydrogens is 613 g/mol. The molecule has 0 saturated heterocycles. The summed E-state index contributed by atoms with van der Waals surface area (Å²) in [6.07, 6.45) is 0. The lowest BCUT2D eigenvalue weighted by Crippen LogP contribution is -1.96. The molecule has 3 nitrogen and oxygen atoms in total. The lowest BCUT2D eigenvalue weighted by atomic mass is 10.0. The molecular formula is C42H20N2OS2. The van der Waals surface area contributed by atoms with Crippen molar-refractivity contribution in [3.05, 3.63) is 121 Å². The van der Waals surface area contributed by atoms with Crippen LogP contribution in [-0.2, 0) is 0 Å². The SMILES string of the molecule is c1ccc2c(c1)oc1c2ccc2c1c1cccc3c1n2c1cc2sc4ccccc4c2c2c4c5c(ccc4n3c21)sc1ccccc15. The van der Waals surface area contributed by atoms with Crippen molar-refractivity contribution in [2.75, 3.05) is 0 Å². The predicted molar refractivity (Wildman–Crippen MR) is 203 cm³/mol. The topological polar surface area (TPSA) is 22.0 Å². The van der Waals surface area contributed by atoms with E-state index in [1.54, 1.807) is 0 Å². The van der Waals surface area contributed by atoms with Crippen LogP contribution in [0.1, 0.15) is 0 Å². The summed E-state index contributed by atoms with van der Waals surface area (Å²) in [7, 11) is 0. The average molecular weight is 633 g/mol. The van der Waals surface area contributed by atoms with E-state index in [9.17, 15) is 0 Å². The normalized spacial score (nSPS) is 13.1. The zero-order valence-corrected chi connectivity index (χ0v) is 26.3. The first-order valence-electron chi connectivity index (χ1n) is 15.9. The van der Waals surface area contributed by atoms with Crippen LogP contribution in [-0.4, -0.2) is 8.80 Å². The predicted octanol–water partition coefficient (Wildman–Crippen LogP) is 12.9. The van der Waals surface area contributed by atoms with Gasteiger partial charge in [0.05, 0.1) is 38.5 Å². The van der Waals surface area contributed by atoms with Gasteiger partial charge in [0.1, 0.15) is 11.2 Å². The molecule has 0 unspecified atom stereocenters. The van der Waals surface area contributed by atoms with E-state index in [1.165, 1.54) is 100 Å². The van der Waals surface area contributed by atoms with Gasteiger partial charge in [-0.2, -0.15) is 0 Å². The molecule has 0 aliphatic rings. The Bertz CT molecular complexity index is 3530. The second-order valence-corrected chi connectivity index (χ2v) is 15.0. The van der Waals surface area contributed by atoms with E-state index in [0.717, 1.165) is 16.6 Å². The fourth-order valence-corrected chi connectivity index (χ4v) is 11.1. The maximum absolute atomic E-state index is 6.67. The first-order chi connectivity index (χ1) is 23.3. The van der Waals surface area contributed by atoms with Crippen LogP contribution in [0.2, 0.25) is 0 Å². The van der Waals surface area contributed by atoms with Gasteiger partial charge in [-0.3, -0.25) is 0 Å². The molecule has 0 aliphatic carbocycles. The third kappa shape index (κ3) is 2.60. The molecule has 6 heterocycles. The number of para-hydroxylation sites is 2. The van der Waals surface area contributed by atoms with Crippen LogP contribution >= 0.6 is 22.7 Å². The highest BCUT2D eigenvalue weighted by Crippen LogP contribution is 2.51. The van der Waals surface area contributed by atoms with E-state index in [4.69, 9.17) is 4.42 Å². The van der Waals surface area contributed by atoms with Crippen molar-refractivity contribution in [2.45, 2.75) is 0 Å². The molecule has 13 rings (SSSR count). The van der Waals surface area contributed by atoms with Crippen LogP contribution in [0.25, 0.3) is 117 Å². The number of nitrogens with zero attached hydrogens (tertiary/aromatic N) is 2. The van der Waals surface area contributed by atoms with E-state index >= 15 is 0 Å². The monoisotopic (exact) mass is 632 g/mol. The smallest absolute Gasteiger partial charge is 0.145 e. The van der Waals surface area contributed by atoms with Crippen LogP contribution in [0.3, 0.4) is 0 Å².